The Kier molecular flexibility index (Phi) is 3.23. The zero-order valence-electron chi connectivity index (χ0n) is 9.16. The molecule has 78 valence electrons. The molecule has 0 aliphatic heterocycles. The number of rotatable bonds is 2. The van der Waals surface area contributed by atoms with Crippen LogP contribution in [0.25, 0.3) is 0 Å². The highest BCUT2D eigenvalue weighted by Gasteiger charge is 2.02. The molecule has 0 fully saturated rings. The van der Waals surface area contributed by atoms with Crippen molar-refractivity contribution in [2.75, 3.05) is 0 Å². The summed E-state index contributed by atoms with van der Waals surface area (Å²) < 4.78 is 0. The molecule has 0 aromatic carbocycles. The van der Waals surface area contributed by atoms with Crippen LogP contribution in [0.3, 0.4) is 0 Å². The maximum atomic E-state index is 3.49. The van der Waals surface area contributed by atoms with Gasteiger partial charge < -0.3 is 5.32 Å². The van der Waals surface area contributed by atoms with E-state index in [4.69, 9.17) is 0 Å². The highest BCUT2D eigenvalue weighted by atomic mass is 14.9. The molecule has 0 unspecified atom stereocenters. The number of nitrogens with one attached hydrogen (secondary N) is 1. The summed E-state index contributed by atoms with van der Waals surface area (Å²) in [7, 11) is 0. The van der Waals surface area contributed by atoms with E-state index in [1.54, 1.807) is 0 Å². The first-order valence-corrected chi connectivity index (χ1v) is 5.51. The third kappa shape index (κ3) is 2.98. The van der Waals surface area contributed by atoms with Gasteiger partial charge >= 0.3 is 0 Å². The Morgan fingerprint density at radius 3 is 2.80 bits per heavy atom. The van der Waals surface area contributed by atoms with E-state index in [9.17, 15) is 0 Å². The van der Waals surface area contributed by atoms with Crippen LogP contribution < -0.4 is 5.32 Å². The number of hydrogen-bond donors (Lipinski definition) is 1. The molecule has 0 spiro atoms. The first kappa shape index (κ1) is 10.0. The van der Waals surface area contributed by atoms with Crippen molar-refractivity contribution in [1.29, 1.82) is 0 Å². The van der Waals surface area contributed by atoms with Gasteiger partial charge in [-0.3, -0.25) is 0 Å². The van der Waals surface area contributed by atoms with Gasteiger partial charge in [-0.1, -0.05) is 36.0 Å². The second-order valence-corrected chi connectivity index (χ2v) is 3.99. The van der Waals surface area contributed by atoms with Crippen molar-refractivity contribution < 1.29 is 0 Å². The fourth-order valence-electron chi connectivity index (χ4n) is 1.73. The Morgan fingerprint density at radius 2 is 2.00 bits per heavy atom. The maximum Gasteiger partial charge on any atom is 0.0187 e. The van der Waals surface area contributed by atoms with Gasteiger partial charge in [-0.15, -0.1) is 0 Å². The molecule has 2 aliphatic carbocycles. The topological polar surface area (TPSA) is 12.0 Å². The van der Waals surface area contributed by atoms with Gasteiger partial charge in [0.15, 0.2) is 0 Å². The lowest BCUT2D eigenvalue weighted by Crippen LogP contribution is -2.13. The van der Waals surface area contributed by atoms with Crippen molar-refractivity contribution in [2.45, 2.75) is 26.2 Å². The van der Waals surface area contributed by atoms with Crippen LogP contribution in [0.5, 0.6) is 0 Å². The zero-order valence-corrected chi connectivity index (χ0v) is 9.16. The van der Waals surface area contributed by atoms with E-state index in [1.165, 1.54) is 17.0 Å². The van der Waals surface area contributed by atoms with Crippen molar-refractivity contribution in [3.8, 4) is 0 Å². The van der Waals surface area contributed by atoms with Crippen molar-refractivity contribution >= 4 is 0 Å². The van der Waals surface area contributed by atoms with E-state index in [1.807, 2.05) is 0 Å². The molecular weight excluding hydrogens is 182 g/mol. The molecule has 0 aromatic heterocycles. The monoisotopic (exact) mass is 199 g/mol. The maximum absolute atomic E-state index is 3.49. The fraction of sp³-hybridized carbons (Fsp3) is 0.286. The molecule has 2 aliphatic rings. The minimum Gasteiger partial charge on any atom is -0.362 e. The van der Waals surface area contributed by atoms with E-state index in [2.05, 4.69) is 54.8 Å². The van der Waals surface area contributed by atoms with Crippen molar-refractivity contribution in [3.63, 3.8) is 0 Å². The van der Waals surface area contributed by atoms with E-state index >= 15 is 0 Å². The van der Waals surface area contributed by atoms with Crippen LogP contribution in [-0.2, 0) is 0 Å². The van der Waals surface area contributed by atoms with E-state index < -0.39 is 0 Å². The standard InChI is InChI=1S/C14H17N/c1-12-6-5-9-14(11-10-12)15-13-7-3-2-4-8-13/h2-3,5-7,10-11,15H,4,8-9H2,1H3. The third-order valence-electron chi connectivity index (χ3n) is 2.60. The average molecular weight is 199 g/mol. The lowest BCUT2D eigenvalue weighted by molar-refractivity contribution is 0.821. The SMILES string of the molecule is CC1=CC=C(NC2=CC=CCC2)CC=C1. The Labute approximate surface area is 91.6 Å². The summed E-state index contributed by atoms with van der Waals surface area (Å²) in [6.45, 7) is 2.12. The van der Waals surface area contributed by atoms with Crippen LogP contribution in [0.1, 0.15) is 26.2 Å². The van der Waals surface area contributed by atoms with Gasteiger partial charge in [0.1, 0.15) is 0 Å². The minimum atomic E-state index is 0.995. The molecule has 0 heterocycles. The summed E-state index contributed by atoms with van der Waals surface area (Å²) in [6, 6.07) is 0. The summed E-state index contributed by atoms with van der Waals surface area (Å²) in [6.07, 6.45) is 18.5. The molecule has 15 heavy (non-hydrogen) atoms. The lowest BCUT2D eigenvalue weighted by Gasteiger charge is -2.13. The van der Waals surface area contributed by atoms with Crippen molar-refractivity contribution in [3.05, 3.63) is 59.5 Å². The quantitative estimate of drug-likeness (QED) is 0.716. The average Bonchev–Trinajstić information content (AvgIpc) is 2.46. The molecule has 1 heteroatoms. The molecular formula is C14H17N. The van der Waals surface area contributed by atoms with Gasteiger partial charge in [-0.25, -0.2) is 0 Å². The van der Waals surface area contributed by atoms with Gasteiger partial charge in [-0.2, -0.15) is 0 Å². The van der Waals surface area contributed by atoms with Crippen LogP contribution in [0, 0.1) is 0 Å². The summed E-state index contributed by atoms with van der Waals surface area (Å²) in [4.78, 5) is 0. The molecule has 0 atom stereocenters. The largest absolute Gasteiger partial charge is 0.362 e. The Morgan fingerprint density at radius 1 is 1.07 bits per heavy atom. The first-order chi connectivity index (χ1) is 7.34. The Balaban J connectivity index is 2.03. The van der Waals surface area contributed by atoms with Crippen LogP contribution in [-0.4, -0.2) is 0 Å². The molecule has 0 saturated heterocycles. The summed E-state index contributed by atoms with van der Waals surface area (Å²) >= 11 is 0. The normalized spacial score (nSPS) is 20.2. The van der Waals surface area contributed by atoms with Crippen molar-refractivity contribution in [2.24, 2.45) is 0 Å². The summed E-state index contributed by atoms with van der Waals surface area (Å²) in [5.74, 6) is 0. The van der Waals surface area contributed by atoms with E-state index in [0.717, 1.165) is 19.3 Å². The molecule has 0 bridgehead atoms. The van der Waals surface area contributed by atoms with Gasteiger partial charge in [0.2, 0.25) is 0 Å². The minimum absolute atomic E-state index is 0.995. The number of allylic oxidation sites excluding steroid dienone is 9. The first-order valence-electron chi connectivity index (χ1n) is 5.51. The molecule has 2 rings (SSSR count). The fourth-order valence-corrected chi connectivity index (χ4v) is 1.73. The zero-order chi connectivity index (χ0) is 10.5. The summed E-state index contributed by atoms with van der Waals surface area (Å²) in [5, 5.41) is 3.49. The van der Waals surface area contributed by atoms with E-state index in [-0.39, 0.29) is 0 Å². The third-order valence-corrected chi connectivity index (χ3v) is 2.60. The molecule has 0 aromatic rings. The Bertz CT molecular complexity index is 378. The molecule has 1 nitrogen and oxygen atoms in total. The van der Waals surface area contributed by atoms with Gasteiger partial charge in [-0.05, 0) is 31.9 Å². The second kappa shape index (κ2) is 4.83. The van der Waals surface area contributed by atoms with Crippen LogP contribution in [0.15, 0.2) is 59.5 Å². The predicted molar refractivity (Wildman–Crippen MR) is 65.2 cm³/mol. The summed E-state index contributed by atoms with van der Waals surface area (Å²) in [5.41, 5.74) is 3.92. The highest BCUT2D eigenvalue weighted by molar-refractivity contribution is 5.31. The van der Waals surface area contributed by atoms with E-state index in [0.29, 0.717) is 0 Å². The van der Waals surface area contributed by atoms with Gasteiger partial charge in [0.25, 0.3) is 0 Å². The smallest absolute Gasteiger partial charge is 0.0187 e. The molecule has 1 N–H and O–H groups in total. The van der Waals surface area contributed by atoms with Gasteiger partial charge in [0, 0.05) is 17.8 Å². The van der Waals surface area contributed by atoms with Crippen molar-refractivity contribution in [1.82, 2.24) is 5.32 Å². The van der Waals surface area contributed by atoms with Crippen LogP contribution in [0.4, 0.5) is 0 Å². The Hall–Kier alpha value is -1.50. The van der Waals surface area contributed by atoms with Crippen LogP contribution in [0.2, 0.25) is 0 Å². The predicted octanol–water partition coefficient (Wildman–Crippen LogP) is 3.60. The molecule has 0 saturated carbocycles. The van der Waals surface area contributed by atoms with Gasteiger partial charge in [0.05, 0.1) is 0 Å². The molecule has 0 radical (unpaired) electrons. The lowest BCUT2D eigenvalue weighted by atomic mass is 10.1. The highest BCUT2D eigenvalue weighted by Crippen LogP contribution is 2.14. The number of hydrogen-bond acceptors (Lipinski definition) is 1. The molecule has 0 amide bonds. The second-order valence-electron chi connectivity index (χ2n) is 3.99. The van der Waals surface area contributed by atoms with Crippen LogP contribution >= 0.6 is 0 Å².